The molecule has 0 saturated heterocycles. The Kier molecular flexibility index (Phi) is 5.03. The van der Waals surface area contributed by atoms with E-state index in [1.54, 1.807) is 6.07 Å². The van der Waals surface area contributed by atoms with Gasteiger partial charge in [-0.1, -0.05) is 17.8 Å². The van der Waals surface area contributed by atoms with Crippen LogP contribution in [-0.2, 0) is 6.54 Å². The van der Waals surface area contributed by atoms with E-state index in [9.17, 15) is 10.1 Å². The molecule has 4 nitrogen and oxygen atoms in total. The highest BCUT2D eigenvalue weighted by Crippen LogP contribution is 2.28. The van der Waals surface area contributed by atoms with Gasteiger partial charge in [-0.3, -0.25) is 10.1 Å². The Bertz CT molecular complexity index is 409. The van der Waals surface area contributed by atoms with Gasteiger partial charge in [0.05, 0.1) is 4.92 Å². The second kappa shape index (κ2) is 6.54. The molecule has 2 atom stereocenters. The maximum Gasteiger partial charge on any atom is 0.324 e. The van der Waals surface area contributed by atoms with Gasteiger partial charge in [-0.05, 0) is 31.6 Å². The van der Waals surface area contributed by atoms with E-state index in [1.807, 2.05) is 17.8 Å². The third-order valence-corrected chi connectivity index (χ3v) is 5.48. The van der Waals surface area contributed by atoms with E-state index in [4.69, 9.17) is 0 Å². The quantitative estimate of drug-likeness (QED) is 0.665. The van der Waals surface area contributed by atoms with Gasteiger partial charge in [0.15, 0.2) is 0 Å². The first-order chi connectivity index (χ1) is 8.69. The first-order valence-electron chi connectivity index (χ1n) is 6.18. The molecule has 100 valence electrons. The number of hydrogen-bond acceptors (Lipinski definition) is 5. The molecule has 0 aromatic carbocycles. The summed E-state index contributed by atoms with van der Waals surface area (Å²) in [5.41, 5.74) is 0. The zero-order valence-electron chi connectivity index (χ0n) is 10.4. The number of thioether (sulfide) groups is 1. The van der Waals surface area contributed by atoms with Crippen LogP contribution in [0.4, 0.5) is 5.00 Å². The van der Waals surface area contributed by atoms with Gasteiger partial charge in [0.25, 0.3) is 0 Å². The van der Waals surface area contributed by atoms with Crippen LogP contribution in [0.2, 0.25) is 0 Å². The Morgan fingerprint density at radius 1 is 1.56 bits per heavy atom. The maximum absolute atomic E-state index is 10.6. The lowest BCUT2D eigenvalue weighted by atomic mass is 9.95. The summed E-state index contributed by atoms with van der Waals surface area (Å²) >= 11 is 3.22. The van der Waals surface area contributed by atoms with Crippen molar-refractivity contribution in [3.63, 3.8) is 0 Å². The van der Waals surface area contributed by atoms with Crippen molar-refractivity contribution < 1.29 is 4.92 Å². The van der Waals surface area contributed by atoms with Crippen LogP contribution in [0.1, 0.15) is 30.6 Å². The van der Waals surface area contributed by atoms with Gasteiger partial charge in [-0.15, -0.1) is 0 Å². The molecule has 18 heavy (non-hydrogen) atoms. The largest absolute Gasteiger partial charge is 0.324 e. The normalized spacial score (nSPS) is 24.1. The number of rotatable bonds is 5. The second-order valence-electron chi connectivity index (χ2n) is 4.60. The Balaban J connectivity index is 1.81. The van der Waals surface area contributed by atoms with Gasteiger partial charge in [-0.25, -0.2) is 0 Å². The molecule has 1 aliphatic carbocycles. The van der Waals surface area contributed by atoms with E-state index in [-0.39, 0.29) is 9.92 Å². The molecule has 2 rings (SSSR count). The number of nitro groups is 1. The monoisotopic (exact) mass is 286 g/mol. The molecule has 0 bridgehead atoms. The smallest absolute Gasteiger partial charge is 0.309 e. The summed E-state index contributed by atoms with van der Waals surface area (Å²) in [6, 6.07) is 4.01. The Hall–Kier alpha value is -0.590. The first kappa shape index (κ1) is 13.8. The average molecular weight is 286 g/mol. The van der Waals surface area contributed by atoms with Crippen LogP contribution in [-0.4, -0.2) is 22.5 Å². The van der Waals surface area contributed by atoms with Crippen molar-refractivity contribution in [1.82, 2.24) is 5.32 Å². The van der Waals surface area contributed by atoms with E-state index in [2.05, 4.69) is 11.6 Å². The van der Waals surface area contributed by atoms with Crippen molar-refractivity contribution in [2.45, 2.75) is 43.5 Å². The molecule has 0 spiro atoms. The van der Waals surface area contributed by atoms with E-state index in [0.717, 1.165) is 16.7 Å². The van der Waals surface area contributed by atoms with E-state index >= 15 is 0 Å². The maximum atomic E-state index is 10.6. The molecule has 0 radical (unpaired) electrons. The molecule has 1 aromatic heterocycles. The number of nitrogens with one attached hydrogen (secondary N) is 1. The SMILES string of the molecule is CSC1CCCC(NCc2ccc([N+](=O)[O-])s2)C1. The van der Waals surface area contributed by atoms with Gasteiger partial charge >= 0.3 is 5.00 Å². The highest BCUT2D eigenvalue weighted by atomic mass is 32.2. The number of nitrogens with zero attached hydrogens (tertiary/aromatic N) is 1. The fraction of sp³-hybridized carbons (Fsp3) is 0.667. The van der Waals surface area contributed by atoms with Crippen molar-refractivity contribution in [3.05, 3.63) is 27.1 Å². The Morgan fingerprint density at radius 3 is 3.06 bits per heavy atom. The van der Waals surface area contributed by atoms with E-state index in [0.29, 0.717) is 6.04 Å². The zero-order valence-corrected chi connectivity index (χ0v) is 12.1. The van der Waals surface area contributed by atoms with Gasteiger partial charge in [0.2, 0.25) is 0 Å². The molecule has 0 aliphatic heterocycles. The Labute approximate surface area is 115 Å². The molecule has 1 fully saturated rings. The van der Waals surface area contributed by atoms with Gasteiger partial charge in [0.1, 0.15) is 0 Å². The van der Waals surface area contributed by atoms with Crippen LogP contribution in [0.25, 0.3) is 0 Å². The lowest BCUT2D eigenvalue weighted by Crippen LogP contribution is -2.34. The minimum atomic E-state index is -0.321. The van der Waals surface area contributed by atoms with Crippen LogP contribution in [0, 0.1) is 10.1 Å². The predicted molar refractivity (Wildman–Crippen MR) is 77.4 cm³/mol. The van der Waals surface area contributed by atoms with Crippen molar-refractivity contribution in [3.8, 4) is 0 Å². The summed E-state index contributed by atoms with van der Waals surface area (Å²) in [6.07, 6.45) is 7.23. The lowest BCUT2D eigenvalue weighted by molar-refractivity contribution is -0.380. The van der Waals surface area contributed by atoms with Crippen molar-refractivity contribution in [2.24, 2.45) is 0 Å². The van der Waals surface area contributed by atoms with Crippen molar-refractivity contribution in [1.29, 1.82) is 0 Å². The third-order valence-electron chi connectivity index (χ3n) is 3.35. The van der Waals surface area contributed by atoms with E-state index < -0.39 is 0 Å². The van der Waals surface area contributed by atoms with Crippen LogP contribution in [0.3, 0.4) is 0 Å². The van der Waals surface area contributed by atoms with Gasteiger partial charge < -0.3 is 5.32 Å². The predicted octanol–water partition coefficient (Wildman–Crippen LogP) is 3.42. The molecule has 1 N–H and O–H groups in total. The van der Waals surface area contributed by atoms with Crippen LogP contribution in [0.5, 0.6) is 0 Å². The number of thiophene rings is 1. The second-order valence-corrected chi connectivity index (χ2v) is 6.88. The van der Waals surface area contributed by atoms with Crippen LogP contribution < -0.4 is 5.32 Å². The number of hydrogen-bond donors (Lipinski definition) is 1. The van der Waals surface area contributed by atoms with Crippen LogP contribution in [0.15, 0.2) is 12.1 Å². The standard InChI is InChI=1S/C12H18N2O2S2/c1-17-10-4-2-3-9(7-10)13-8-11-5-6-12(18-11)14(15)16/h5-6,9-10,13H,2-4,7-8H2,1H3. The summed E-state index contributed by atoms with van der Waals surface area (Å²) in [7, 11) is 0. The molecule has 1 heterocycles. The summed E-state index contributed by atoms with van der Waals surface area (Å²) in [5, 5.41) is 15.1. The minimum absolute atomic E-state index is 0.234. The zero-order chi connectivity index (χ0) is 13.0. The molecule has 0 amide bonds. The molecule has 6 heteroatoms. The van der Waals surface area contributed by atoms with Crippen LogP contribution >= 0.6 is 23.1 Å². The lowest BCUT2D eigenvalue weighted by Gasteiger charge is -2.28. The van der Waals surface area contributed by atoms with Gasteiger partial charge in [-0.2, -0.15) is 11.8 Å². The van der Waals surface area contributed by atoms with Gasteiger partial charge in [0, 0.05) is 28.8 Å². The summed E-state index contributed by atoms with van der Waals surface area (Å²) in [4.78, 5) is 11.3. The highest BCUT2D eigenvalue weighted by molar-refractivity contribution is 7.99. The third kappa shape index (κ3) is 3.70. The fourth-order valence-electron chi connectivity index (χ4n) is 2.35. The summed E-state index contributed by atoms with van der Waals surface area (Å²) < 4.78 is 0. The fourth-order valence-corrected chi connectivity index (χ4v) is 3.95. The molecular formula is C12H18N2O2S2. The molecule has 1 saturated carbocycles. The molecular weight excluding hydrogens is 268 g/mol. The minimum Gasteiger partial charge on any atom is -0.309 e. The summed E-state index contributed by atoms with van der Waals surface area (Å²) in [5.74, 6) is 0. The van der Waals surface area contributed by atoms with Crippen molar-refractivity contribution >= 4 is 28.1 Å². The van der Waals surface area contributed by atoms with Crippen molar-refractivity contribution in [2.75, 3.05) is 6.26 Å². The highest BCUT2D eigenvalue weighted by Gasteiger charge is 2.21. The summed E-state index contributed by atoms with van der Waals surface area (Å²) in [6.45, 7) is 0.754. The first-order valence-corrected chi connectivity index (χ1v) is 8.28. The molecule has 2 unspecified atom stereocenters. The Morgan fingerprint density at radius 2 is 2.39 bits per heavy atom. The average Bonchev–Trinajstić information content (AvgIpc) is 2.85. The molecule has 1 aliphatic rings. The van der Waals surface area contributed by atoms with E-state index in [1.165, 1.54) is 37.0 Å². The topological polar surface area (TPSA) is 55.2 Å². The molecule has 1 aromatic rings.